The van der Waals surface area contributed by atoms with Gasteiger partial charge in [-0.3, -0.25) is 4.79 Å². The quantitative estimate of drug-likeness (QED) is 0.649. The van der Waals surface area contributed by atoms with Gasteiger partial charge in [0, 0.05) is 23.5 Å². The minimum absolute atomic E-state index is 0.0114. The van der Waals surface area contributed by atoms with E-state index < -0.39 is 0 Å². The van der Waals surface area contributed by atoms with Crippen LogP contribution in [0.4, 0.5) is 11.4 Å². The number of carbonyl (C=O) groups is 1. The Bertz CT molecular complexity index is 605. The lowest BCUT2D eigenvalue weighted by Gasteiger charge is -2.09. The summed E-state index contributed by atoms with van der Waals surface area (Å²) in [5, 5.41) is 3.30. The van der Waals surface area contributed by atoms with E-state index in [0.717, 1.165) is 12.2 Å². The van der Waals surface area contributed by atoms with Crippen molar-refractivity contribution < 1.29 is 4.79 Å². The van der Waals surface area contributed by atoms with Crippen LogP contribution in [0.1, 0.15) is 28.4 Å². The smallest absolute Gasteiger partial charge is 0.161 e. The number of nitrogens with one attached hydrogen (secondary N) is 1. The van der Waals surface area contributed by atoms with Crippen LogP contribution in [0, 0.1) is 6.92 Å². The van der Waals surface area contributed by atoms with Gasteiger partial charge in [0.15, 0.2) is 5.78 Å². The summed E-state index contributed by atoms with van der Waals surface area (Å²) in [5.41, 5.74) is 10.3. The van der Waals surface area contributed by atoms with Gasteiger partial charge in [-0.05, 0) is 37.6 Å². The summed E-state index contributed by atoms with van der Waals surface area (Å²) in [6, 6.07) is 13.8. The zero-order chi connectivity index (χ0) is 13.8. The van der Waals surface area contributed by atoms with Crippen molar-refractivity contribution in [3.05, 3.63) is 59.2 Å². The highest BCUT2D eigenvalue weighted by Crippen LogP contribution is 2.19. The first-order chi connectivity index (χ1) is 9.06. The van der Waals surface area contributed by atoms with Crippen molar-refractivity contribution >= 4 is 17.2 Å². The lowest BCUT2D eigenvalue weighted by atomic mass is 10.1. The molecule has 0 aliphatic carbocycles. The molecule has 0 atom stereocenters. The molecule has 0 unspecified atom stereocenters. The predicted molar refractivity (Wildman–Crippen MR) is 79.4 cm³/mol. The van der Waals surface area contributed by atoms with Crippen molar-refractivity contribution in [2.24, 2.45) is 0 Å². The van der Waals surface area contributed by atoms with Gasteiger partial charge < -0.3 is 11.1 Å². The minimum atomic E-state index is -0.0114. The van der Waals surface area contributed by atoms with E-state index in [1.807, 2.05) is 12.1 Å². The summed E-state index contributed by atoms with van der Waals surface area (Å²) in [5.74, 6) is -0.0114. The second-order valence-electron chi connectivity index (χ2n) is 4.70. The summed E-state index contributed by atoms with van der Waals surface area (Å²) in [6.45, 7) is 4.33. The SMILES string of the molecule is CC(=O)c1ccc(NCc2cccc(C)c2)cc1N. The Morgan fingerprint density at radius 2 is 2.00 bits per heavy atom. The van der Waals surface area contributed by atoms with Gasteiger partial charge in [0.05, 0.1) is 0 Å². The van der Waals surface area contributed by atoms with Crippen LogP contribution in [-0.4, -0.2) is 5.78 Å². The molecule has 2 aromatic carbocycles. The third-order valence-corrected chi connectivity index (χ3v) is 3.01. The van der Waals surface area contributed by atoms with E-state index in [-0.39, 0.29) is 5.78 Å². The third-order valence-electron chi connectivity index (χ3n) is 3.01. The van der Waals surface area contributed by atoms with Crippen LogP contribution in [-0.2, 0) is 6.54 Å². The highest BCUT2D eigenvalue weighted by Gasteiger charge is 2.05. The number of rotatable bonds is 4. The second-order valence-corrected chi connectivity index (χ2v) is 4.70. The molecule has 0 radical (unpaired) electrons. The monoisotopic (exact) mass is 254 g/mol. The molecule has 0 aliphatic heterocycles. The number of anilines is 2. The molecule has 3 N–H and O–H groups in total. The van der Waals surface area contributed by atoms with Crippen molar-refractivity contribution in [2.75, 3.05) is 11.1 Å². The molecule has 0 fully saturated rings. The molecule has 0 aliphatic rings. The fourth-order valence-corrected chi connectivity index (χ4v) is 2.02. The molecule has 3 nitrogen and oxygen atoms in total. The number of Topliss-reactive ketones (excluding diaryl/α,β-unsaturated/α-hetero) is 1. The highest BCUT2D eigenvalue weighted by atomic mass is 16.1. The molecule has 2 rings (SSSR count). The van der Waals surface area contributed by atoms with Gasteiger partial charge in [-0.1, -0.05) is 29.8 Å². The van der Waals surface area contributed by atoms with Crippen molar-refractivity contribution in [1.82, 2.24) is 0 Å². The fourth-order valence-electron chi connectivity index (χ4n) is 2.02. The Balaban J connectivity index is 2.08. The summed E-state index contributed by atoms with van der Waals surface area (Å²) in [6.07, 6.45) is 0. The first kappa shape index (κ1) is 13.1. The van der Waals surface area contributed by atoms with Crippen molar-refractivity contribution in [2.45, 2.75) is 20.4 Å². The van der Waals surface area contributed by atoms with Crippen LogP contribution >= 0.6 is 0 Å². The lowest BCUT2D eigenvalue weighted by Crippen LogP contribution is -2.03. The van der Waals surface area contributed by atoms with E-state index in [9.17, 15) is 4.79 Å². The number of nitrogen functional groups attached to an aromatic ring is 1. The van der Waals surface area contributed by atoms with Gasteiger partial charge in [-0.25, -0.2) is 0 Å². The van der Waals surface area contributed by atoms with Crippen LogP contribution in [0.5, 0.6) is 0 Å². The van der Waals surface area contributed by atoms with E-state index >= 15 is 0 Å². The largest absolute Gasteiger partial charge is 0.398 e. The van der Waals surface area contributed by atoms with Crippen molar-refractivity contribution in [3.63, 3.8) is 0 Å². The summed E-state index contributed by atoms with van der Waals surface area (Å²) >= 11 is 0. The maximum Gasteiger partial charge on any atom is 0.161 e. The number of hydrogen-bond acceptors (Lipinski definition) is 3. The fraction of sp³-hybridized carbons (Fsp3) is 0.188. The van der Waals surface area contributed by atoms with Crippen LogP contribution in [0.2, 0.25) is 0 Å². The molecule has 0 saturated heterocycles. The van der Waals surface area contributed by atoms with E-state index in [4.69, 9.17) is 5.73 Å². The van der Waals surface area contributed by atoms with E-state index in [2.05, 4.69) is 30.4 Å². The van der Waals surface area contributed by atoms with Gasteiger partial charge in [-0.2, -0.15) is 0 Å². The summed E-state index contributed by atoms with van der Waals surface area (Å²) < 4.78 is 0. The van der Waals surface area contributed by atoms with Crippen LogP contribution in [0.15, 0.2) is 42.5 Å². The molecule has 0 amide bonds. The molecule has 19 heavy (non-hydrogen) atoms. The van der Waals surface area contributed by atoms with E-state index in [0.29, 0.717) is 11.3 Å². The first-order valence-corrected chi connectivity index (χ1v) is 6.26. The zero-order valence-electron chi connectivity index (χ0n) is 11.2. The Morgan fingerprint density at radius 3 is 2.63 bits per heavy atom. The van der Waals surface area contributed by atoms with Gasteiger partial charge >= 0.3 is 0 Å². The number of benzene rings is 2. The third kappa shape index (κ3) is 3.35. The number of nitrogens with two attached hydrogens (primary N) is 1. The zero-order valence-corrected chi connectivity index (χ0v) is 11.2. The number of carbonyl (C=O) groups excluding carboxylic acids is 1. The normalized spacial score (nSPS) is 10.2. The Hall–Kier alpha value is -2.29. The second kappa shape index (κ2) is 5.57. The van der Waals surface area contributed by atoms with Gasteiger partial charge in [0.1, 0.15) is 0 Å². The maximum atomic E-state index is 11.3. The number of aryl methyl sites for hydroxylation is 1. The highest BCUT2D eigenvalue weighted by molar-refractivity contribution is 5.99. The van der Waals surface area contributed by atoms with E-state index in [1.165, 1.54) is 18.1 Å². The maximum absolute atomic E-state index is 11.3. The van der Waals surface area contributed by atoms with Gasteiger partial charge in [-0.15, -0.1) is 0 Å². The average Bonchev–Trinajstić information content (AvgIpc) is 2.36. The Kier molecular flexibility index (Phi) is 3.85. The molecule has 98 valence electrons. The van der Waals surface area contributed by atoms with Gasteiger partial charge in [0.2, 0.25) is 0 Å². The number of hydrogen-bond donors (Lipinski definition) is 2. The standard InChI is InChI=1S/C16H18N2O/c1-11-4-3-5-13(8-11)10-18-14-6-7-15(12(2)19)16(17)9-14/h3-9,18H,10,17H2,1-2H3. The van der Waals surface area contributed by atoms with E-state index in [1.54, 1.807) is 12.1 Å². The minimum Gasteiger partial charge on any atom is -0.398 e. The number of ketones is 1. The van der Waals surface area contributed by atoms with Crippen molar-refractivity contribution in [1.29, 1.82) is 0 Å². The molecular weight excluding hydrogens is 236 g/mol. The molecule has 0 aromatic heterocycles. The van der Waals surface area contributed by atoms with Crippen LogP contribution < -0.4 is 11.1 Å². The topological polar surface area (TPSA) is 55.1 Å². The summed E-state index contributed by atoms with van der Waals surface area (Å²) in [4.78, 5) is 11.3. The predicted octanol–water partition coefficient (Wildman–Crippen LogP) is 3.39. The molecule has 0 heterocycles. The average molecular weight is 254 g/mol. The molecular formula is C16H18N2O. The van der Waals surface area contributed by atoms with Gasteiger partial charge in [0.25, 0.3) is 0 Å². The Labute approximate surface area is 113 Å². The van der Waals surface area contributed by atoms with Crippen LogP contribution in [0.25, 0.3) is 0 Å². The molecule has 0 bridgehead atoms. The molecule has 2 aromatic rings. The summed E-state index contributed by atoms with van der Waals surface area (Å²) in [7, 11) is 0. The lowest BCUT2D eigenvalue weighted by molar-refractivity contribution is 0.101. The molecule has 0 saturated carbocycles. The Morgan fingerprint density at radius 1 is 1.21 bits per heavy atom. The van der Waals surface area contributed by atoms with Crippen molar-refractivity contribution in [3.8, 4) is 0 Å². The first-order valence-electron chi connectivity index (χ1n) is 6.26. The van der Waals surface area contributed by atoms with Crippen LogP contribution in [0.3, 0.4) is 0 Å². The molecule has 0 spiro atoms. The molecule has 3 heteroatoms.